The van der Waals surface area contributed by atoms with Gasteiger partial charge in [-0.3, -0.25) is 4.90 Å². The highest BCUT2D eigenvalue weighted by molar-refractivity contribution is 5.99. The molecule has 108 valence electrons. The van der Waals surface area contributed by atoms with Crippen molar-refractivity contribution < 1.29 is 15.0 Å². The van der Waals surface area contributed by atoms with Gasteiger partial charge in [0.05, 0.1) is 0 Å². The average Bonchev–Trinajstić information content (AvgIpc) is 2.85. The lowest BCUT2D eigenvalue weighted by atomic mass is 9.79. The number of nitrogens with one attached hydrogen (secondary N) is 1. The van der Waals surface area contributed by atoms with Crippen LogP contribution >= 0.6 is 0 Å². The molecule has 2 aromatic rings. The molecule has 0 saturated carbocycles. The van der Waals surface area contributed by atoms with Gasteiger partial charge in [-0.2, -0.15) is 0 Å². The highest BCUT2D eigenvalue weighted by atomic mass is 16.4. The molecule has 2 heterocycles. The molecular weight excluding hydrogens is 268 g/mol. The van der Waals surface area contributed by atoms with E-state index in [-0.39, 0.29) is 12.6 Å². The van der Waals surface area contributed by atoms with Crippen LogP contribution in [0.25, 0.3) is 16.5 Å². The minimum atomic E-state index is -1.82. The Bertz CT molecular complexity index is 792. The third kappa shape index (κ3) is 1.61. The van der Waals surface area contributed by atoms with E-state index in [9.17, 15) is 15.0 Å². The van der Waals surface area contributed by atoms with E-state index in [1.165, 1.54) is 11.6 Å². The lowest BCUT2D eigenvalue weighted by molar-refractivity contribution is -0.155. The van der Waals surface area contributed by atoms with Gasteiger partial charge in [0.25, 0.3) is 0 Å². The molecule has 1 aliphatic carbocycles. The zero-order valence-electron chi connectivity index (χ0n) is 11.6. The van der Waals surface area contributed by atoms with Gasteiger partial charge >= 0.3 is 5.97 Å². The number of H-pyrrole nitrogens is 1. The molecular formula is C16H16N2O3. The summed E-state index contributed by atoms with van der Waals surface area (Å²) < 4.78 is 0. The average molecular weight is 284 g/mol. The molecule has 0 radical (unpaired) electrons. The molecule has 5 nitrogen and oxygen atoms in total. The Morgan fingerprint density at radius 2 is 2.29 bits per heavy atom. The fourth-order valence-corrected chi connectivity index (χ4v) is 3.64. The summed E-state index contributed by atoms with van der Waals surface area (Å²) in [5.41, 5.74) is 2.40. The maximum atomic E-state index is 11.4. The summed E-state index contributed by atoms with van der Waals surface area (Å²) in [6.07, 6.45) is 4.39. The van der Waals surface area contributed by atoms with Crippen LogP contribution in [0.2, 0.25) is 0 Å². The molecule has 3 N–H and O–H groups in total. The summed E-state index contributed by atoms with van der Waals surface area (Å²) in [5.74, 6) is -1.20. The summed E-state index contributed by atoms with van der Waals surface area (Å²) in [6, 6.07) is 6.08. The Morgan fingerprint density at radius 3 is 3.05 bits per heavy atom. The number of β-amino-alcohol motifs (C(OH)–C–C–N with tert-alkyl or cyclic N) is 1. The van der Waals surface area contributed by atoms with Crippen molar-refractivity contribution in [3.63, 3.8) is 0 Å². The van der Waals surface area contributed by atoms with Gasteiger partial charge in [0, 0.05) is 29.7 Å². The quantitative estimate of drug-likeness (QED) is 0.736. The van der Waals surface area contributed by atoms with E-state index < -0.39 is 11.6 Å². The number of hydrogen-bond donors (Lipinski definition) is 3. The topological polar surface area (TPSA) is 76.6 Å². The first-order valence-electron chi connectivity index (χ1n) is 6.98. The SMILES string of the molecule is CN1C[C@](O)(C(=O)O)C=C2c3cccc4[nH]cc(c34)C[C@H]21. The smallest absolute Gasteiger partial charge is 0.341 e. The monoisotopic (exact) mass is 284 g/mol. The third-order valence-electron chi connectivity index (χ3n) is 4.66. The van der Waals surface area contributed by atoms with Gasteiger partial charge in [-0.1, -0.05) is 12.1 Å². The van der Waals surface area contributed by atoms with Crippen molar-refractivity contribution in [3.8, 4) is 0 Å². The molecule has 2 atom stereocenters. The number of hydrogen-bond acceptors (Lipinski definition) is 3. The molecule has 0 fully saturated rings. The van der Waals surface area contributed by atoms with Crippen LogP contribution in [0.3, 0.4) is 0 Å². The van der Waals surface area contributed by atoms with Crippen LogP contribution in [0.5, 0.6) is 0 Å². The zero-order valence-corrected chi connectivity index (χ0v) is 11.6. The first-order valence-corrected chi connectivity index (χ1v) is 6.98. The lowest BCUT2D eigenvalue weighted by Crippen LogP contribution is -2.54. The Hall–Kier alpha value is -2.11. The molecule has 5 heteroatoms. The second-order valence-electron chi connectivity index (χ2n) is 6.01. The third-order valence-corrected chi connectivity index (χ3v) is 4.66. The highest BCUT2D eigenvalue weighted by Gasteiger charge is 2.44. The predicted octanol–water partition coefficient (Wildman–Crippen LogP) is 1.24. The van der Waals surface area contributed by atoms with Crippen LogP contribution in [-0.4, -0.2) is 51.3 Å². The fraction of sp³-hybridized carbons (Fsp3) is 0.312. The molecule has 0 bridgehead atoms. The number of fused-ring (bicyclic) bond motifs is 2. The second-order valence-corrected chi connectivity index (χ2v) is 6.01. The number of carboxylic acids is 1. The number of aliphatic carboxylic acids is 1. The number of benzene rings is 1. The molecule has 0 saturated heterocycles. The standard InChI is InChI=1S/C16H16N2O3/c1-18-8-16(21,15(19)20)6-11-10-3-2-4-12-14(10)9(7-17-12)5-13(11)18/h2-4,6-7,13,17,21H,5,8H2,1H3,(H,19,20)/t13-,16+/m1/s1. The van der Waals surface area contributed by atoms with Crippen molar-refractivity contribution in [2.45, 2.75) is 18.1 Å². The summed E-state index contributed by atoms with van der Waals surface area (Å²) in [6.45, 7) is 0.103. The molecule has 1 aromatic carbocycles. The van der Waals surface area contributed by atoms with E-state index in [1.807, 2.05) is 36.3 Å². The minimum Gasteiger partial charge on any atom is -0.479 e. The van der Waals surface area contributed by atoms with Gasteiger partial charge < -0.3 is 15.2 Å². The maximum Gasteiger partial charge on any atom is 0.341 e. The van der Waals surface area contributed by atoms with Crippen LogP contribution in [0, 0.1) is 0 Å². The maximum absolute atomic E-state index is 11.4. The van der Waals surface area contributed by atoms with Gasteiger partial charge in [-0.25, -0.2) is 4.79 Å². The first kappa shape index (κ1) is 12.6. The largest absolute Gasteiger partial charge is 0.479 e. The Balaban J connectivity index is 2.00. The van der Waals surface area contributed by atoms with E-state index in [4.69, 9.17) is 0 Å². The van der Waals surface area contributed by atoms with Crippen molar-refractivity contribution in [3.05, 3.63) is 41.6 Å². The number of aliphatic hydroxyl groups is 1. The molecule has 0 unspecified atom stereocenters. The molecule has 0 spiro atoms. The van der Waals surface area contributed by atoms with E-state index in [1.54, 1.807) is 0 Å². The highest BCUT2D eigenvalue weighted by Crippen LogP contribution is 2.41. The molecule has 2 aliphatic rings. The van der Waals surface area contributed by atoms with Crippen LogP contribution in [-0.2, 0) is 11.2 Å². The van der Waals surface area contributed by atoms with Gasteiger partial charge in [0.15, 0.2) is 5.60 Å². The summed E-state index contributed by atoms with van der Waals surface area (Å²) >= 11 is 0. The lowest BCUT2D eigenvalue weighted by Gasteiger charge is -2.41. The number of rotatable bonds is 1. The van der Waals surface area contributed by atoms with Gasteiger partial charge in [-0.15, -0.1) is 0 Å². The number of likely N-dealkylation sites (N-methyl/N-ethyl adjacent to an activating group) is 1. The molecule has 1 aliphatic heterocycles. The fourth-order valence-electron chi connectivity index (χ4n) is 3.64. The first-order chi connectivity index (χ1) is 9.99. The summed E-state index contributed by atoms with van der Waals surface area (Å²) in [7, 11) is 1.86. The number of carbonyl (C=O) groups is 1. The van der Waals surface area contributed by atoms with Crippen molar-refractivity contribution in [1.82, 2.24) is 9.88 Å². The van der Waals surface area contributed by atoms with Gasteiger partial charge in [-0.05, 0) is 42.3 Å². The number of aromatic amines is 1. The van der Waals surface area contributed by atoms with Crippen molar-refractivity contribution in [2.24, 2.45) is 0 Å². The van der Waals surface area contributed by atoms with Crippen LogP contribution < -0.4 is 0 Å². The molecule has 4 rings (SSSR count). The van der Waals surface area contributed by atoms with E-state index >= 15 is 0 Å². The Kier molecular flexibility index (Phi) is 2.38. The number of carboxylic acid groups (broad SMARTS) is 1. The van der Waals surface area contributed by atoms with Crippen molar-refractivity contribution in [1.29, 1.82) is 0 Å². The predicted molar refractivity (Wildman–Crippen MR) is 79.0 cm³/mol. The van der Waals surface area contributed by atoms with Crippen LogP contribution in [0.15, 0.2) is 30.5 Å². The zero-order chi connectivity index (χ0) is 14.8. The van der Waals surface area contributed by atoms with Crippen molar-refractivity contribution >= 4 is 22.4 Å². The Labute approximate surface area is 121 Å². The van der Waals surface area contributed by atoms with E-state index in [0.717, 1.165) is 28.5 Å². The van der Waals surface area contributed by atoms with Crippen molar-refractivity contribution in [2.75, 3.05) is 13.6 Å². The van der Waals surface area contributed by atoms with E-state index in [2.05, 4.69) is 4.98 Å². The van der Waals surface area contributed by atoms with Crippen LogP contribution in [0.1, 0.15) is 11.1 Å². The summed E-state index contributed by atoms with van der Waals surface area (Å²) in [4.78, 5) is 16.6. The number of nitrogens with zero attached hydrogens (tertiary/aromatic N) is 1. The second kappa shape index (κ2) is 3.96. The Morgan fingerprint density at radius 1 is 1.48 bits per heavy atom. The molecule has 1 aromatic heterocycles. The van der Waals surface area contributed by atoms with Crippen LogP contribution in [0.4, 0.5) is 0 Å². The summed E-state index contributed by atoms with van der Waals surface area (Å²) in [5, 5.41) is 20.9. The van der Waals surface area contributed by atoms with Gasteiger partial charge in [0.2, 0.25) is 0 Å². The van der Waals surface area contributed by atoms with Gasteiger partial charge in [0.1, 0.15) is 0 Å². The normalized spacial score (nSPS) is 28.3. The minimum absolute atomic E-state index is 0.103. The van der Waals surface area contributed by atoms with E-state index in [0.29, 0.717) is 0 Å². The number of aromatic nitrogens is 1. The molecule has 21 heavy (non-hydrogen) atoms. The molecule has 0 amide bonds.